The number of aromatic nitrogens is 1. The van der Waals surface area contributed by atoms with Gasteiger partial charge in [-0.3, -0.25) is 4.79 Å². The maximum atomic E-state index is 12.6. The van der Waals surface area contributed by atoms with Crippen molar-refractivity contribution in [1.82, 2.24) is 4.98 Å². The van der Waals surface area contributed by atoms with E-state index in [2.05, 4.69) is 42.1 Å². The Hall–Kier alpha value is -2.06. The van der Waals surface area contributed by atoms with E-state index in [0.29, 0.717) is 23.6 Å². The van der Waals surface area contributed by atoms with E-state index in [0.717, 1.165) is 50.5 Å². The Bertz CT molecular complexity index is 798. The van der Waals surface area contributed by atoms with Gasteiger partial charge in [-0.05, 0) is 47.3 Å². The van der Waals surface area contributed by atoms with Gasteiger partial charge in [-0.1, -0.05) is 0 Å². The Morgan fingerprint density at radius 2 is 1.85 bits per heavy atom. The number of piperidine rings is 1. The number of halogens is 1. The number of rotatable bonds is 4. The molecule has 2 aliphatic heterocycles. The van der Waals surface area contributed by atoms with Gasteiger partial charge in [-0.2, -0.15) is 0 Å². The highest BCUT2D eigenvalue weighted by molar-refractivity contribution is 9.10. The van der Waals surface area contributed by atoms with Crippen LogP contribution in [0.4, 0.5) is 17.2 Å². The third-order valence-corrected chi connectivity index (χ3v) is 5.37. The zero-order valence-corrected chi connectivity index (χ0v) is 16.7. The minimum absolute atomic E-state index is 0.267. The summed E-state index contributed by atoms with van der Waals surface area (Å²) in [5, 5.41) is 2.97. The number of hydrogen-bond acceptors (Lipinski definition) is 6. The Morgan fingerprint density at radius 1 is 1.07 bits per heavy atom. The minimum atomic E-state index is -0.278. The lowest BCUT2D eigenvalue weighted by Crippen LogP contribution is -2.37. The van der Waals surface area contributed by atoms with Crippen molar-refractivity contribution < 1.29 is 13.9 Å². The number of morpholine rings is 1. The summed E-state index contributed by atoms with van der Waals surface area (Å²) in [6, 6.07) is 5.44. The number of carbonyl (C=O) groups is 1. The van der Waals surface area contributed by atoms with E-state index in [1.54, 1.807) is 18.3 Å². The van der Waals surface area contributed by atoms with Crippen LogP contribution in [0.3, 0.4) is 0 Å². The molecule has 2 aromatic heterocycles. The molecule has 4 rings (SSSR count). The molecule has 0 saturated carbocycles. The molecule has 0 radical (unpaired) electrons. The number of hydrogen-bond donors (Lipinski definition) is 1. The normalized spacial score (nSPS) is 17.8. The molecule has 2 saturated heterocycles. The molecule has 1 amide bonds. The zero-order valence-electron chi connectivity index (χ0n) is 15.1. The van der Waals surface area contributed by atoms with Crippen molar-refractivity contribution in [1.29, 1.82) is 0 Å². The second kappa shape index (κ2) is 8.31. The molecule has 1 N–H and O–H groups in total. The van der Waals surface area contributed by atoms with Crippen LogP contribution >= 0.6 is 15.9 Å². The van der Waals surface area contributed by atoms with Gasteiger partial charge < -0.3 is 24.3 Å². The van der Waals surface area contributed by atoms with Crippen molar-refractivity contribution in [3.63, 3.8) is 0 Å². The van der Waals surface area contributed by atoms with Crippen LogP contribution < -0.4 is 15.1 Å². The summed E-state index contributed by atoms with van der Waals surface area (Å²) >= 11 is 3.23. The van der Waals surface area contributed by atoms with Crippen LogP contribution in [0.15, 0.2) is 33.5 Å². The Labute approximate surface area is 166 Å². The van der Waals surface area contributed by atoms with Gasteiger partial charge in [0.15, 0.2) is 10.4 Å². The van der Waals surface area contributed by atoms with Crippen LogP contribution in [-0.2, 0) is 4.74 Å². The van der Waals surface area contributed by atoms with Crippen molar-refractivity contribution in [2.24, 2.45) is 0 Å². The van der Waals surface area contributed by atoms with E-state index in [4.69, 9.17) is 9.15 Å². The minimum Gasteiger partial charge on any atom is -0.444 e. The standard InChI is InChI=1S/C19H23BrN4O3/c20-17-5-4-16(27-17)19(25)22-14-13-21-18(24-8-10-26-11-9-24)12-15(14)23-6-2-1-3-7-23/h4-5,12-13H,1-3,6-11H2,(H,22,25). The lowest BCUT2D eigenvalue weighted by Gasteiger charge is -2.33. The number of ether oxygens (including phenoxy) is 1. The first-order valence-electron chi connectivity index (χ1n) is 9.35. The molecule has 144 valence electrons. The maximum absolute atomic E-state index is 12.6. The second-order valence-corrected chi connectivity index (χ2v) is 7.55. The molecule has 0 spiro atoms. The summed E-state index contributed by atoms with van der Waals surface area (Å²) in [5.41, 5.74) is 1.73. The molecule has 7 nitrogen and oxygen atoms in total. The van der Waals surface area contributed by atoms with E-state index < -0.39 is 0 Å². The van der Waals surface area contributed by atoms with Gasteiger partial charge in [0, 0.05) is 32.2 Å². The highest BCUT2D eigenvalue weighted by Gasteiger charge is 2.21. The number of carbonyl (C=O) groups excluding carboxylic acids is 1. The van der Waals surface area contributed by atoms with Crippen molar-refractivity contribution in [2.45, 2.75) is 19.3 Å². The maximum Gasteiger partial charge on any atom is 0.291 e. The molecule has 0 aliphatic carbocycles. The number of nitrogens with zero attached hydrogens (tertiary/aromatic N) is 3. The van der Waals surface area contributed by atoms with Crippen LogP contribution in [0.2, 0.25) is 0 Å². The molecule has 0 aromatic carbocycles. The number of nitrogens with one attached hydrogen (secondary N) is 1. The predicted octanol–water partition coefficient (Wildman–Crippen LogP) is 3.52. The summed E-state index contributed by atoms with van der Waals surface area (Å²) in [5.74, 6) is 0.918. The van der Waals surface area contributed by atoms with Gasteiger partial charge in [0.25, 0.3) is 5.91 Å². The molecular formula is C19H23BrN4O3. The van der Waals surface area contributed by atoms with Crippen molar-refractivity contribution in [3.8, 4) is 0 Å². The number of pyridine rings is 1. The summed E-state index contributed by atoms with van der Waals surface area (Å²) in [4.78, 5) is 21.7. The number of amides is 1. The highest BCUT2D eigenvalue weighted by Crippen LogP contribution is 2.32. The smallest absolute Gasteiger partial charge is 0.291 e. The third-order valence-electron chi connectivity index (χ3n) is 4.94. The molecule has 2 aromatic rings. The quantitative estimate of drug-likeness (QED) is 0.793. The molecular weight excluding hydrogens is 412 g/mol. The predicted molar refractivity (Wildman–Crippen MR) is 108 cm³/mol. The lowest BCUT2D eigenvalue weighted by molar-refractivity contribution is 0.0995. The largest absolute Gasteiger partial charge is 0.444 e. The van der Waals surface area contributed by atoms with Gasteiger partial charge in [0.2, 0.25) is 0 Å². The Balaban J connectivity index is 1.61. The first-order chi connectivity index (χ1) is 13.2. The van der Waals surface area contributed by atoms with E-state index in [-0.39, 0.29) is 11.7 Å². The summed E-state index contributed by atoms with van der Waals surface area (Å²) in [6.45, 7) is 5.07. The van der Waals surface area contributed by atoms with Crippen LogP contribution in [0.25, 0.3) is 0 Å². The Morgan fingerprint density at radius 3 is 2.56 bits per heavy atom. The van der Waals surface area contributed by atoms with Crippen LogP contribution in [-0.4, -0.2) is 50.3 Å². The topological polar surface area (TPSA) is 70.8 Å². The van der Waals surface area contributed by atoms with Gasteiger partial charge in [-0.25, -0.2) is 4.98 Å². The van der Waals surface area contributed by atoms with E-state index in [1.807, 2.05) is 0 Å². The summed E-state index contributed by atoms with van der Waals surface area (Å²) in [7, 11) is 0. The van der Waals surface area contributed by atoms with E-state index in [1.165, 1.54) is 6.42 Å². The van der Waals surface area contributed by atoms with Crippen molar-refractivity contribution in [3.05, 3.63) is 34.8 Å². The second-order valence-electron chi connectivity index (χ2n) is 6.76. The van der Waals surface area contributed by atoms with Gasteiger partial charge in [0.1, 0.15) is 5.82 Å². The molecule has 0 bridgehead atoms. The first-order valence-corrected chi connectivity index (χ1v) is 10.1. The highest BCUT2D eigenvalue weighted by atomic mass is 79.9. The summed E-state index contributed by atoms with van der Waals surface area (Å²) < 4.78 is 11.3. The molecule has 27 heavy (non-hydrogen) atoms. The molecule has 2 aliphatic rings. The zero-order chi connectivity index (χ0) is 18.6. The number of anilines is 3. The van der Waals surface area contributed by atoms with Gasteiger partial charge >= 0.3 is 0 Å². The fraction of sp³-hybridized carbons (Fsp3) is 0.474. The van der Waals surface area contributed by atoms with Crippen molar-refractivity contribution in [2.75, 3.05) is 54.5 Å². The molecule has 0 unspecified atom stereocenters. The lowest BCUT2D eigenvalue weighted by atomic mass is 10.1. The van der Waals surface area contributed by atoms with E-state index in [9.17, 15) is 4.79 Å². The van der Waals surface area contributed by atoms with Crippen LogP contribution in [0.5, 0.6) is 0 Å². The fourth-order valence-corrected chi connectivity index (χ4v) is 3.82. The third kappa shape index (κ3) is 4.27. The fourth-order valence-electron chi connectivity index (χ4n) is 3.51. The average Bonchev–Trinajstić information content (AvgIpc) is 3.16. The van der Waals surface area contributed by atoms with E-state index >= 15 is 0 Å². The van der Waals surface area contributed by atoms with Gasteiger partial charge in [0.05, 0.1) is 30.8 Å². The molecule has 2 fully saturated rings. The molecule has 4 heterocycles. The van der Waals surface area contributed by atoms with Gasteiger partial charge in [-0.15, -0.1) is 0 Å². The average molecular weight is 435 g/mol. The SMILES string of the molecule is O=C(Nc1cnc(N2CCOCC2)cc1N1CCCCC1)c1ccc(Br)o1. The van der Waals surface area contributed by atoms with Crippen molar-refractivity contribution >= 4 is 39.0 Å². The Kier molecular flexibility index (Phi) is 5.63. The van der Waals surface area contributed by atoms with Crippen LogP contribution in [0.1, 0.15) is 29.8 Å². The summed E-state index contributed by atoms with van der Waals surface area (Å²) in [6.07, 6.45) is 5.33. The number of furan rings is 1. The first kappa shape index (κ1) is 18.3. The molecule has 8 heteroatoms. The van der Waals surface area contributed by atoms with Crippen LogP contribution in [0, 0.1) is 0 Å². The molecule has 0 atom stereocenters. The monoisotopic (exact) mass is 434 g/mol.